The zero-order valence-corrected chi connectivity index (χ0v) is 19.0. The molecule has 0 spiro atoms. The molecular formula is C23H29N3O6. The van der Waals surface area contributed by atoms with Gasteiger partial charge in [-0.2, -0.15) is 0 Å². The second-order valence-electron chi connectivity index (χ2n) is 7.65. The minimum atomic E-state index is -0.865. The second kappa shape index (κ2) is 9.44. The van der Waals surface area contributed by atoms with Crippen molar-refractivity contribution in [2.24, 2.45) is 0 Å². The molecule has 2 aromatic heterocycles. The molecule has 1 atom stereocenters. The number of rotatable bonds is 8. The third-order valence-corrected chi connectivity index (χ3v) is 5.97. The van der Waals surface area contributed by atoms with Crippen LogP contribution in [0, 0.1) is 13.8 Å². The number of furan rings is 1. The summed E-state index contributed by atoms with van der Waals surface area (Å²) in [5.74, 6) is -2.05. The molecule has 1 fully saturated rings. The summed E-state index contributed by atoms with van der Waals surface area (Å²) in [6, 6.07) is 2.48. The highest BCUT2D eigenvalue weighted by Crippen LogP contribution is 2.40. The molecule has 0 aliphatic carbocycles. The molecule has 9 heteroatoms. The number of aliphatic hydroxyl groups excluding tert-OH is 1. The van der Waals surface area contributed by atoms with Crippen LogP contribution in [0.1, 0.15) is 53.0 Å². The fourth-order valence-electron chi connectivity index (χ4n) is 4.19. The van der Waals surface area contributed by atoms with E-state index in [1.165, 1.54) is 18.3 Å². The Balaban J connectivity index is 2.12. The number of carbonyl (C=O) groups is 3. The van der Waals surface area contributed by atoms with Gasteiger partial charge < -0.3 is 29.0 Å². The molecule has 2 aromatic rings. The predicted molar refractivity (Wildman–Crippen MR) is 117 cm³/mol. The minimum absolute atomic E-state index is 0.0638. The average molecular weight is 444 g/mol. The van der Waals surface area contributed by atoms with E-state index in [1.54, 1.807) is 26.0 Å². The van der Waals surface area contributed by atoms with Gasteiger partial charge in [0.05, 0.1) is 18.9 Å². The van der Waals surface area contributed by atoms with Crippen molar-refractivity contribution in [2.45, 2.75) is 33.7 Å². The number of nitrogens with one attached hydrogen (secondary N) is 1. The predicted octanol–water partition coefficient (Wildman–Crippen LogP) is 2.77. The van der Waals surface area contributed by atoms with Crippen LogP contribution in [0.4, 0.5) is 0 Å². The van der Waals surface area contributed by atoms with Crippen molar-refractivity contribution in [1.29, 1.82) is 0 Å². The van der Waals surface area contributed by atoms with Crippen LogP contribution in [-0.4, -0.2) is 70.8 Å². The summed E-state index contributed by atoms with van der Waals surface area (Å²) in [4.78, 5) is 44.6. The minimum Gasteiger partial charge on any atom is -0.507 e. The van der Waals surface area contributed by atoms with Gasteiger partial charge in [-0.15, -0.1) is 0 Å². The molecule has 0 radical (unpaired) electrons. The number of aryl methyl sites for hydroxylation is 1. The largest absolute Gasteiger partial charge is 0.507 e. The molecule has 172 valence electrons. The highest BCUT2D eigenvalue weighted by Gasteiger charge is 2.47. The fraction of sp³-hybridized carbons (Fsp3) is 0.435. The van der Waals surface area contributed by atoms with Crippen LogP contribution in [0.15, 0.2) is 28.4 Å². The van der Waals surface area contributed by atoms with Gasteiger partial charge in [0.25, 0.3) is 11.7 Å². The Bertz CT molecular complexity index is 1050. The molecule has 1 aliphatic rings. The number of H-pyrrole nitrogens is 1. The number of methoxy groups -OCH3 is 1. The van der Waals surface area contributed by atoms with Gasteiger partial charge >= 0.3 is 5.97 Å². The van der Waals surface area contributed by atoms with Crippen molar-refractivity contribution in [2.75, 3.05) is 33.3 Å². The number of aromatic amines is 1. The van der Waals surface area contributed by atoms with Crippen LogP contribution in [0.3, 0.4) is 0 Å². The third kappa shape index (κ3) is 3.95. The van der Waals surface area contributed by atoms with Crippen LogP contribution >= 0.6 is 0 Å². The number of nitrogens with zero attached hydrogens (tertiary/aromatic N) is 2. The lowest BCUT2D eigenvalue weighted by Gasteiger charge is -2.26. The number of likely N-dealkylation sites (tertiary alicyclic amines) is 1. The number of ether oxygens (including phenoxy) is 1. The molecule has 9 nitrogen and oxygen atoms in total. The van der Waals surface area contributed by atoms with Crippen molar-refractivity contribution in [3.05, 3.63) is 52.2 Å². The second-order valence-corrected chi connectivity index (χ2v) is 7.65. The van der Waals surface area contributed by atoms with E-state index >= 15 is 0 Å². The lowest BCUT2D eigenvalue weighted by atomic mass is 9.97. The summed E-state index contributed by atoms with van der Waals surface area (Å²) in [6.45, 7) is 9.86. The number of amides is 1. The van der Waals surface area contributed by atoms with E-state index in [9.17, 15) is 19.5 Å². The van der Waals surface area contributed by atoms with Gasteiger partial charge in [-0.05, 0) is 44.6 Å². The lowest BCUT2D eigenvalue weighted by Crippen LogP contribution is -2.37. The molecule has 3 rings (SSSR count). The van der Waals surface area contributed by atoms with Crippen LogP contribution in [0.5, 0.6) is 0 Å². The van der Waals surface area contributed by atoms with E-state index in [0.29, 0.717) is 35.7 Å². The zero-order valence-electron chi connectivity index (χ0n) is 19.0. The Morgan fingerprint density at radius 3 is 2.53 bits per heavy atom. The lowest BCUT2D eigenvalue weighted by molar-refractivity contribution is -0.140. The molecule has 2 N–H and O–H groups in total. The first-order valence-electron chi connectivity index (χ1n) is 10.6. The van der Waals surface area contributed by atoms with E-state index in [-0.39, 0.29) is 17.0 Å². The van der Waals surface area contributed by atoms with Gasteiger partial charge in [0.2, 0.25) is 0 Å². The summed E-state index contributed by atoms with van der Waals surface area (Å²) >= 11 is 0. The van der Waals surface area contributed by atoms with Crippen molar-refractivity contribution in [3.8, 4) is 0 Å². The van der Waals surface area contributed by atoms with E-state index in [4.69, 9.17) is 9.15 Å². The molecule has 0 aromatic carbocycles. The summed E-state index contributed by atoms with van der Waals surface area (Å²) < 4.78 is 10.3. The number of aliphatic hydroxyl groups is 1. The summed E-state index contributed by atoms with van der Waals surface area (Å²) in [5, 5.41) is 11.3. The van der Waals surface area contributed by atoms with Gasteiger partial charge in [0.15, 0.2) is 0 Å². The van der Waals surface area contributed by atoms with Gasteiger partial charge in [0, 0.05) is 24.3 Å². The fourth-order valence-corrected chi connectivity index (χ4v) is 4.19. The number of aromatic nitrogens is 1. The van der Waals surface area contributed by atoms with Crippen LogP contribution in [0.25, 0.3) is 5.76 Å². The maximum Gasteiger partial charge on any atom is 0.354 e. The molecule has 0 bridgehead atoms. The Morgan fingerprint density at radius 1 is 1.28 bits per heavy atom. The van der Waals surface area contributed by atoms with Crippen LogP contribution < -0.4 is 0 Å². The van der Waals surface area contributed by atoms with Crippen molar-refractivity contribution >= 4 is 23.4 Å². The Hall–Kier alpha value is -3.33. The SMILES string of the molecule is CCN(CC)CCN1C(=O)C(=O)/C(=C(\O)c2c(C)[nH]c(C(=O)OC)c2C)C1c1ccco1. The number of Topliss-reactive ketones (excluding diaryl/α,β-unsaturated/α-hetero) is 1. The van der Waals surface area contributed by atoms with Crippen molar-refractivity contribution < 1.29 is 28.6 Å². The first-order chi connectivity index (χ1) is 15.3. The van der Waals surface area contributed by atoms with Gasteiger partial charge in [-0.1, -0.05) is 13.8 Å². The molecule has 1 unspecified atom stereocenters. The molecule has 1 aliphatic heterocycles. The Morgan fingerprint density at radius 2 is 1.97 bits per heavy atom. The van der Waals surface area contributed by atoms with E-state index in [0.717, 1.165) is 13.1 Å². The van der Waals surface area contributed by atoms with E-state index < -0.39 is 23.7 Å². The number of ketones is 1. The standard InChI is InChI=1S/C23H29N3O6/c1-6-25(7-2)10-11-26-19(15-9-8-12-32-15)17(21(28)22(26)29)20(27)16-13(3)18(23(30)31-5)24-14(16)4/h8-9,12,19,24,27H,6-7,10-11H2,1-5H3/b20-17-. The first-order valence-corrected chi connectivity index (χ1v) is 10.6. The molecular weight excluding hydrogens is 414 g/mol. The topological polar surface area (TPSA) is 116 Å². The number of esters is 1. The molecule has 32 heavy (non-hydrogen) atoms. The maximum absolute atomic E-state index is 13.1. The summed E-state index contributed by atoms with van der Waals surface area (Å²) in [7, 11) is 1.26. The molecule has 0 saturated carbocycles. The molecule has 3 heterocycles. The summed E-state index contributed by atoms with van der Waals surface area (Å²) in [6.07, 6.45) is 1.46. The quantitative estimate of drug-likeness (QED) is 0.279. The molecule has 1 amide bonds. The number of hydrogen-bond donors (Lipinski definition) is 2. The highest BCUT2D eigenvalue weighted by molar-refractivity contribution is 6.46. The highest BCUT2D eigenvalue weighted by atomic mass is 16.5. The zero-order chi connectivity index (χ0) is 23.6. The number of likely N-dealkylation sites (N-methyl/N-ethyl adjacent to an activating group) is 1. The monoisotopic (exact) mass is 443 g/mol. The molecule has 1 saturated heterocycles. The number of hydrogen-bond acceptors (Lipinski definition) is 7. The van der Waals surface area contributed by atoms with Crippen LogP contribution in [0.2, 0.25) is 0 Å². The Labute approximate surface area is 186 Å². The average Bonchev–Trinajstić information content (AvgIpc) is 3.47. The van der Waals surface area contributed by atoms with Crippen molar-refractivity contribution in [3.63, 3.8) is 0 Å². The maximum atomic E-state index is 13.1. The van der Waals surface area contributed by atoms with Crippen molar-refractivity contribution in [1.82, 2.24) is 14.8 Å². The van der Waals surface area contributed by atoms with E-state index in [1.807, 2.05) is 13.8 Å². The Kier molecular flexibility index (Phi) is 6.88. The van der Waals surface area contributed by atoms with E-state index in [2.05, 4.69) is 9.88 Å². The number of carbonyl (C=O) groups excluding carboxylic acids is 3. The third-order valence-electron chi connectivity index (χ3n) is 5.97. The van der Waals surface area contributed by atoms with Gasteiger partial charge in [0.1, 0.15) is 23.3 Å². The normalized spacial score (nSPS) is 18.1. The first kappa shape index (κ1) is 23.3. The van der Waals surface area contributed by atoms with Gasteiger partial charge in [-0.3, -0.25) is 9.59 Å². The summed E-state index contributed by atoms with van der Waals surface area (Å²) in [5.41, 5.74) is 1.32. The smallest absolute Gasteiger partial charge is 0.354 e. The van der Waals surface area contributed by atoms with Gasteiger partial charge in [-0.25, -0.2) is 4.79 Å². The van der Waals surface area contributed by atoms with Crippen LogP contribution in [-0.2, 0) is 14.3 Å².